The summed E-state index contributed by atoms with van der Waals surface area (Å²) in [5, 5.41) is 0. The fourth-order valence-corrected chi connectivity index (χ4v) is 2.82. The van der Waals surface area contributed by atoms with Crippen molar-refractivity contribution in [1.82, 2.24) is 15.0 Å². The number of nitrogens with zero attached hydrogens (tertiary/aromatic N) is 4. The minimum atomic E-state index is 0.722. The third kappa shape index (κ3) is 2.79. The standard InChI is InChI=1S/C17H20N4/c1-12(2)11-21(3)17-13-7-6-9-14(13)19-16(20-17)15-8-4-5-10-18-15/h4-5,8,10H,1,6-7,9,11H2,2-3H3. The van der Waals surface area contributed by atoms with Gasteiger partial charge in [0, 0.05) is 31.0 Å². The molecule has 0 bridgehead atoms. The SMILES string of the molecule is C=C(C)CN(C)c1nc(-c2ccccn2)nc2c1CCC2. The Morgan fingerprint density at radius 2 is 2.14 bits per heavy atom. The monoisotopic (exact) mass is 280 g/mol. The summed E-state index contributed by atoms with van der Waals surface area (Å²) in [6, 6.07) is 5.83. The summed E-state index contributed by atoms with van der Waals surface area (Å²) in [6.45, 7) is 6.85. The zero-order valence-electron chi connectivity index (χ0n) is 12.6. The number of rotatable bonds is 4. The summed E-state index contributed by atoms with van der Waals surface area (Å²) < 4.78 is 0. The van der Waals surface area contributed by atoms with Crippen LogP contribution in [-0.2, 0) is 12.8 Å². The molecule has 4 heteroatoms. The fraction of sp³-hybridized carbons (Fsp3) is 0.353. The van der Waals surface area contributed by atoms with E-state index in [9.17, 15) is 0 Å². The second kappa shape index (κ2) is 5.64. The molecule has 0 saturated carbocycles. The highest BCUT2D eigenvalue weighted by molar-refractivity contribution is 5.58. The normalized spacial score (nSPS) is 13.0. The molecular weight excluding hydrogens is 260 g/mol. The van der Waals surface area contributed by atoms with E-state index in [0.29, 0.717) is 0 Å². The number of fused-ring (bicyclic) bond motifs is 1. The largest absolute Gasteiger partial charge is 0.355 e. The average Bonchev–Trinajstić information content (AvgIpc) is 2.94. The summed E-state index contributed by atoms with van der Waals surface area (Å²) >= 11 is 0. The summed E-state index contributed by atoms with van der Waals surface area (Å²) in [6.07, 6.45) is 5.03. The highest BCUT2D eigenvalue weighted by Crippen LogP contribution is 2.30. The van der Waals surface area contributed by atoms with Crippen molar-refractivity contribution in [2.75, 3.05) is 18.5 Å². The molecule has 108 valence electrons. The van der Waals surface area contributed by atoms with Gasteiger partial charge < -0.3 is 4.90 Å². The van der Waals surface area contributed by atoms with Crippen molar-refractivity contribution in [3.8, 4) is 11.5 Å². The average molecular weight is 280 g/mol. The van der Waals surface area contributed by atoms with Gasteiger partial charge in [-0.05, 0) is 38.3 Å². The predicted octanol–water partition coefficient (Wildman–Crippen LogP) is 3.04. The summed E-state index contributed by atoms with van der Waals surface area (Å²) in [7, 11) is 2.07. The van der Waals surface area contributed by atoms with E-state index in [1.807, 2.05) is 25.1 Å². The van der Waals surface area contributed by atoms with Crippen LogP contribution in [0.5, 0.6) is 0 Å². The van der Waals surface area contributed by atoms with Gasteiger partial charge in [0.05, 0.1) is 0 Å². The van der Waals surface area contributed by atoms with E-state index < -0.39 is 0 Å². The Bertz CT molecular complexity index is 664. The molecule has 0 spiro atoms. The van der Waals surface area contributed by atoms with Gasteiger partial charge in [0.15, 0.2) is 5.82 Å². The molecule has 0 aliphatic heterocycles. The molecule has 0 unspecified atom stereocenters. The quantitative estimate of drug-likeness (QED) is 0.807. The first kappa shape index (κ1) is 13.7. The van der Waals surface area contributed by atoms with Crippen LogP contribution in [0.3, 0.4) is 0 Å². The van der Waals surface area contributed by atoms with Crippen LogP contribution < -0.4 is 4.90 Å². The first-order chi connectivity index (χ1) is 10.1. The van der Waals surface area contributed by atoms with E-state index in [2.05, 4.69) is 23.5 Å². The Labute approximate surface area is 125 Å². The fourth-order valence-electron chi connectivity index (χ4n) is 2.82. The Kier molecular flexibility index (Phi) is 3.69. The molecule has 4 nitrogen and oxygen atoms in total. The predicted molar refractivity (Wildman–Crippen MR) is 85.4 cm³/mol. The molecule has 0 radical (unpaired) electrons. The molecule has 2 heterocycles. The van der Waals surface area contributed by atoms with Crippen molar-refractivity contribution in [1.29, 1.82) is 0 Å². The summed E-state index contributed by atoms with van der Waals surface area (Å²) in [5.74, 6) is 1.75. The van der Waals surface area contributed by atoms with Crippen molar-refractivity contribution in [2.45, 2.75) is 26.2 Å². The summed E-state index contributed by atoms with van der Waals surface area (Å²) in [4.78, 5) is 16.0. The number of hydrogen-bond acceptors (Lipinski definition) is 4. The lowest BCUT2D eigenvalue weighted by atomic mass is 10.2. The van der Waals surface area contributed by atoms with E-state index in [-0.39, 0.29) is 0 Å². The van der Waals surface area contributed by atoms with E-state index in [0.717, 1.165) is 48.7 Å². The van der Waals surface area contributed by atoms with Gasteiger partial charge in [0.2, 0.25) is 0 Å². The van der Waals surface area contributed by atoms with E-state index in [1.165, 1.54) is 11.3 Å². The lowest BCUT2D eigenvalue weighted by Crippen LogP contribution is -2.22. The van der Waals surface area contributed by atoms with Gasteiger partial charge in [-0.1, -0.05) is 18.2 Å². The van der Waals surface area contributed by atoms with E-state index in [4.69, 9.17) is 9.97 Å². The Balaban J connectivity index is 2.07. The minimum absolute atomic E-state index is 0.722. The number of pyridine rings is 1. The van der Waals surface area contributed by atoms with Gasteiger partial charge in [-0.15, -0.1) is 0 Å². The second-order valence-electron chi connectivity index (χ2n) is 5.68. The van der Waals surface area contributed by atoms with Crippen molar-refractivity contribution < 1.29 is 0 Å². The van der Waals surface area contributed by atoms with Crippen LogP contribution in [0, 0.1) is 0 Å². The van der Waals surface area contributed by atoms with Gasteiger partial charge >= 0.3 is 0 Å². The number of hydrogen-bond donors (Lipinski definition) is 0. The van der Waals surface area contributed by atoms with Crippen molar-refractivity contribution >= 4 is 5.82 Å². The highest BCUT2D eigenvalue weighted by atomic mass is 15.2. The molecule has 21 heavy (non-hydrogen) atoms. The minimum Gasteiger partial charge on any atom is -0.355 e. The molecule has 0 N–H and O–H groups in total. The number of aromatic nitrogens is 3. The van der Waals surface area contributed by atoms with Gasteiger partial charge in [0.25, 0.3) is 0 Å². The van der Waals surface area contributed by atoms with Crippen LogP contribution in [0.4, 0.5) is 5.82 Å². The van der Waals surface area contributed by atoms with Gasteiger partial charge in [-0.2, -0.15) is 0 Å². The van der Waals surface area contributed by atoms with Crippen molar-refractivity contribution in [2.24, 2.45) is 0 Å². The number of likely N-dealkylation sites (N-methyl/N-ethyl adjacent to an activating group) is 1. The maximum atomic E-state index is 4.78. The summed E-state index contributed by atoms with van der Waals surface area (Å²) in [5.41, 5.74) is 4.42. The first-order valence-electron chi connectivity index (χ1n) is 7.32. The lowest BCUT2D eigenvalue weighted by molar-refractivity contribution is 0.895. The lowest BCUT2D eigenvalue weighted by Gasteiger charge is -2.21. The van der Waals surface area contributed by atoms with Crippen LogP contribution in [0.25, 0.3) is 11.5 Å². The molecule has 2 aromatic heterocycles. The zero-order valence-corrected chi connectivity index (χ0v) is 12.6. The van der Waals surface area contributed by atoms with Gasteiger partial charge in [-0.3, -0.25) is 4.98 Å². The topological polar surface area (TPSA) is 41.9 Å². The van der Waals surface area contributed by atoms with E-state index in [1.54, 1.807) is 6.20 Å². The van der Waals surface area contributed by atoms with Gasteiger partial charge in [-0.25, -0.2) is 9.97 Å². The molecule has 0 saturated heterocycles. The smallest absolute Gasteiger partial charge is 0.180 e. The molecular formula is C17H20N4. The van der Waals surface area contributed by atoms with Crippen LogP contribution in [-0.4, -0.2) is 28.5 Å². The molecule has 0 atom stereocenters. The van der Waals surface area contributed by atoms with Gasteiger partial charge in [0.1, 0.15) is 11.5 Å². The molecule has 1 aliphatic rings. The van der Waals surface area contributed by atoms with Crippen LogP contribution in [0.15, 0.2) is 36.5 Å². The molecule has 3 rings (SSSR count). The van der Waals surface area contributed by atoms with Crippen molar-refractivity contribution in [3.63, 3.8) is 0 Å². The Morgan fingerprint density at radius 1 is 1.29 bits per heavy atom. The van der Waals surface area contributed by atoms with Crippen LogP contribution >= 0.6 is 0 Å². The number of aryl methyl sites for hydroxylation is 1. The first-order valence-corrected chi connectivity index (χ1v) is 7.32. The third-order valence-electron chi connectivity index (χ3n) is 3.67. The van der Waals surface area contributed by atoms with Crippen molar-refractivity contribution in [3.05, 3.63) is 47.8 Å². The second-order valence-corrected chi connectivity index (χ2v) is 5.68. The molecule has 0 aromatic carbocycles. The Hall–Kier alpha value is -2.23. The van der Waals surface area contributed by atoms with E-state index >= 15 is 0 Å². The maximum Gasteiger partial charge on any atom is 0.180 e. The third-order valence-corrected chi connectivity index (χ3v) is 3.67. The molecule has 1 aliphatic carbocycles. The van der Waals surface area contributed by atoms with Crippen LogP contribution in [0.1, 0.15) is 24.6 Å². The highest BCUT2D eigenvalue weighted by Gasteiger charge is 2.22. The molecule has 2 aromatic rings. The Morgan fingerprint density at radius 3 is 2.86 bits per heavy atom. The van der Waals surface area contributed by atoms with Crippen LogP contribution in [0.2, 0.25) is 0 Å². The zero-order chi connectivity index (χ0) is 14.8. The number of anilines is 1. The maximum absolute atomic E-state index is 4.78. The molecule has 0 amide bonds. The molecule has 0 fully saturated rings.